The third-order valence-corrected chi connectivity index (χ3v) is 6.88. The lowest BCUT2D eigenvalue weighted by atomic mass is 9.92. The van der Waals surface area contributed by atoms with Gasteiger partial charge in [0.25, 0.3) is 0 Å². The van der Waals surface area contributed by atoms with Gasteiger partial charge in [-0.1, -0.05) is 97.1 Å². The van der Waals surface area contributed by atoms with E-state index >= 15 is 0 Å². The highest BCUT2D eigenvalue weighted by atomic mass is 32.1. The number of carbonyl (C=O) groups excluding carboxylic acids is 2. The molecule has 1 amide bonds. The summed E-state index contributed by atoms with van der Waals surface area (Å²) in [5.74, 6) is -2.61. The highest BCUT2D eigenvalue weighted by Crippen LogP contribution is 2.47. The van der Waals surface area contributed by atoms with E-state index in [4.69, 9.17) is 0 Å². The van der Waals surface area contributed by atoms with Crippen molar-refractivity contribution < 1.29 is 22.8 Å². The minimum absolute atomic E-state index is 0.0259. The van der Waals surface area contributed by atoms with Gasteiger partial charge in [0.1, 0.15) is 5.00 Å². The highest BCUT2D eigenvalue weighted by molar-refractivity contribution is 7.20. The van der Waals surface area contributed by atoms with Crippen molar-refractivity contribution in [1.82, 2.24) is 0 Å². The molecule has 36 heavy (non-hydrogen) atoms. The molecule has 0 unspecified atom stereocenters. The van der Waals surface area contributed by atoms with Crippen molar-refractivity contribution in [2.75, 3.05) is 5.32 Å². The smallest absolute Gasteiger partial charge is 0.309 e. The number of anilines is 1. The number of hydrogen-bond acceptors (Lipinski definition) is 3. The molecular weight excluding hydrogens is 483 g/mol. The Kier molecular flexibility index (Phi) is 6.16. The van der Waals surface area contributed by atoms with Crippen LogP contribution in [0.5, 0.6) is 0 Å². The van der Waals surface area contributed by atoms with Crippen LogP contribution in [-0.2, 0) is 4.79 Å². The number of amides is 1. The second-order valence-corrected chi connectivity index (χ2v) is 9.11. The molecule has 0 aliphatic heterocycles. The monoisotopic (exact) mass is 501 g/mol. The van der Waals surface area contributed by atoms with E-state index < -0.39 is 17.9 Å². The first-order valence-electron chi connectivity index (χ1n) is 11.0. The minimum Gasteiger partial charge on any atom is -0.309 e. The van der Waals surface area contributed by atoms with Crippen molar-refractivity contribution in [2.45, 2.75) is 6.18 Å². The van der Waals surface area contributed by atoms with E-state index in [2.05, 4.69) is 0 Å². The molecule has 0 aliphatic carbocycles. The Labute approximate surface area is 208 Å². The molecule has 1 aromatic heterocycles. The number of carbonyl (C=O) groups is 2. The van der Waals surface area contributed by atoms with Gasteiger partial charge in [-0.3, -0.25) is 9.59 Å². The molecule has 7 heteroatoms. The number of nitrogens with one attached hydrogen (secondary N) is 1. The molecule has 4 aromatic carbocycles. The SMILES string of the molecule is O=C(c1ccc2ccccc2c1)c1c(NC(=O)C(F)(F)F)sc(-c2ccccc2)c1-c1ccccc1. The molecule has 0 atom stereocenters. The lowest BCUT2D eigenvalue weighted by Gasteiger charge is -2.11. The Hall–Kier alpha value is -4.23. The standard InChI is InChI=1S/C29H18F3NO2S/c30-29(31,32)28(35)33-27-24(25(34)22-16-15-18-9-7-8-14-21(18)17-22)23(19-10-3-1-4-11-19)26(36-27)20-12-5-2-6-13-20/h1-17H,(H,33,35). The topological polar surface area (TPSA) is 46.2 Å². The van der Waals surface area contributed by atoms with Gasteiger partial charge >= 0.3 is 12.1 Å². The van der Waals surface area contributed by atoms with Gasteiger partial charge in [0.15, 0.2) is 5.78 Å². The maximum atomic E-state index is 14.0. The molecule has 0 spiro atoms. The Morgan fingerprint density at radius 3 is 1.92 bits per heavy atom. The van der Waals surface area contributed by atoms with Crippen LogP contribution in [0.15, 0.2) is 103 Å². The second-order valence-electron chi connectivity index (χ2n) is 8.09. The van der Waals surface area contributed by atoms with Crippen molar-refractivity contribution in [1.29, 1.82) is 0 Å². The summed E-state index contributed by atoms with van der Waals surface area (Å²) in [6.45, 7) is 0. The summed E-state index contributed by atoms with van der Waals surface area (Å²) in [6.07, 6.45) is -5.10. The van der Waals surface area contributed by atoms with E-state index in [1.807, 2.05) is 66.0 Å². The van der Waals surface area contributed by atoms with Crippen LogP contribution < -0.4 is 5.32 Å². The molecule has 0 saturated heterocycles. The summed E-state index contributed by atoms with van der Waals surface area (Å²) < 4.78 is 39.7. The third kappa shape index (κ3) is 4.53. The van der Waals surface area contributed by atoms with Crippen molar-refractivity contribution in [3.05, 3.63) is 114 Å². The first kappa shape index (κ1) is 23.5. The van der Waals surface area contributed by atoms with Crippen molar-refractivity contribution >= 4 is 38.8 Å². The molecular formula is C29H18F3NO2S. The van der Waals surface area contributed by atoms with Crippen LogP contribution in [0.2, 0.25) is 0 Å². The summed E-state index contributed by atoms with van der Waals surface area (Å²) in [7, 11) is 0. The number of halogens is 3. The number of hydrogen-bond donors (Lipinski definition) is 1. The first-order valence-corrected chi connectivity index (χ1v) is 11.8. The largest absolute Gasteiger partial charge is 0.471 e. The summed E-state index contributed by atoms with van der Waals surface area (Å²) in [5, 5.41) is 3.58. The number of ketones is 1. The number of thiophene rings is 1. The molecule has 5 aromatic rings. The van der Waals surface area contributed by atoms with Crippen molar-refractivity contribution in [3.8, 4) is 21.6 Å². The highest BCUT2D eigenvalue weighted by Gasteiger charge is 2.40. The van der Waals surface area contributed by atoms with E-state index in [1.54, 1.807) is 42.5 Å². The Morgan fingerprint density at radius 2 is 1.28 bits per heavy atom. The Balaban J connectivity index is 1.77. The van der Waals surface area contributed by atoms with E-state index in [-0.39, 0.29) is 10.6 Å². The Bertz CT molecular complexity index is 1580. The van der Waals surface area contributed by atoms with Crippen LogP contribution in [0.3, 0.4) is 0 Å². The molecule has 3 nitrogen and oxygen atoms in total. The van der Waals surface area contributed by atoms with Crippen LogP contribution in [-0.4, -0.2) is 17.9 Å². The van der Waals surface area contributed by atoms with Gasteiger partial charge in [0.2, 0.25) is 0 Å². The zero-order valence-electron chi connectivity index (χ0n) is 18.7. The summed E-state index contributed by atoms with van der Waals surface area (Å²) in [4.78, 5) is 26.5. The molecule has 0 radical (unpaired) electrons. The molecule has 5 rings (SSSR count). The summed E-state index contributed by atoms with van der Waals surface area (Å²) in [6, 6.07) is 30.7. The quantitative estimate of drug-likeness (QED) is 0.248. The van der Waals surface area contributed by atoms with Crippen molar-refractivity contribution in [2.24, 2.45) is 0 Å². The van der Waals surface area contributed by atoms with Gasteiger partial charge in [-0.15, -0.1) is 11.3 Å². The number of rotatable bonds is 5. The lowest BCUT2D eigenvalue weighted by Crippen LogP contribution is -2.30. The molecule has 1 heterocycles. The third-order valence-electron chi connectivity index (χ3n) is 5.73. The number of benzene rings is 4. The molecule has 1 N–H and O–H groups in total. The molecule has 0 bridgehead atoms. The fraction of sp³-hybridized carbons (Fsp3) is 0.0345. The van der Waals surface area contributed by atoms with Crippen LogP contribution >= 0.6 is 11.3 Å². The average molecular weight is 502 g/mol. The normalized spacial score (nSPS) is 11.4. The van der Waals surface area contributed by atoms with Crippen LogP contribution in [0.4, 0.5) is 18.2 Å². The van der Waals surface area contributed by atoms with Gasteiger partial charge < -0.3 is 5.32 Å². The van der Waals surface area contributed by atoms with E-state index in [0.717, 1.165) is 27.7 Å². The minimum atomic E-state index is -5.10. The zero-order chi connectivity index (χ0) is 25.3. The van der Waals surface area contributed by atoms with E-state index in [9.17, 15) is 22.8 Å². The van der Waals surface area contributed by atoms with Gasteiger partial charge in [-0.2, -0.15) is 13.2 Å². The van der Waals surface area contributed by atoms with Crippen molar-refractivity contribution in [3.63, 3.8) is 0 Å². The lowest BCUT2D eigenvalue weighted by molar-refractivity contribution is -0.167. The summed E-state index contributed by atoms with van der Waals surface area (Å²) >= 11 is 0.952. The first-order chi connectivity index (χ1) is 17.3. The van der Waals surface area contributed by atoms with Crippen LogP contribution in [0.1, 0.15) is 15.9 Å². The van der Waals surface area contributed by atoms with Gasteiger partial charge in [0, 0.05) is 16.0 Å². The summed E-state index contributed by atoms with van der Waals surface area (Å²) in [5.41, 5.74) is 2.19. The zero-order valence-corrected chi connectivity index (χ0v) is 19.5. The second kappa shape index (κ2) is 9.43. The fourth-order valence-corrected chi connectivity index (χ4v) is 5.28. The van der Waals surface area contributed by atoms with Crippen LogP contribution in [0.25, 0.3) is 32.3 Å². The fourth-order valence-electron chi connectivity index (χ4n) is 4.06. The number of fused-ring (bicyclic) bond motifs is 1. The number of alkyl halides is 3. The van der Waals surface area contributed by atoms with Gasteiger partial charge in [-0.05, 0) is 28.0 Å². The van der Waals surface area contributed by atoms with Gasteiger partial charge in [-0.25, -0.2) is 0 Å². The maximum Gasteiger partial charge on any atom is 0.471 e. The predicted molar refractivity (Wildman–Crippen MR) is 137 cm³/mol. The molecule has 0 saturated carbocycles. The van der Waals surface area contributed by atoms with E-state index in [1.165, 1.54) is 0 Å². The maximum absolute atomic E-state index is 14.0. The Morgan fingerprint density at radius 1 is 0.694 bits per heavy atom. The van der Waals surface area contributed by atoms with E-state index in [0.29, 0.717) is 21.6 Å². The van der Waals surface area contributed by atoms with Crippen LogP contribution in [0, 0.1) is 0 Å². The molecule has 178 valence electrons. The predicted octanol–water partition coefficient (Wildman–Crippen LogP) is 7.97. The average Bonchev–Trinajstić information content (AvgIpc) is 3.27. The van der Waals surface area contributed by atoms with Gasteiger partial charge in [0.05, 0.1) is 5.56 Å². The molecule has 0 fully saturated rings. The molecule has 0 aliphatic rings.